The molecule has 2 amide bonds. The van der Waals surface area contributed by atoms with Gasteiger partial charge in [0.05, 0.1) is 10.5 Å². The van der Waals surface area contributed by atoms with E-state index in [9.17, 15) is 31.2 Å². The van der Waals surface area contributed by atoms with Crippen LogP contribution in [0.4, 0.5) is 29.3 Å². The maximum Gasteiger partial charge on any atom is 0.416 e. The van der Waals surface area contributed by atoms with Gasteiger partial charge < -0.3 is 15.4 Å². The van der Waals surface area contributed by atoms with E-state index in [2.05, 4.69) is 10.6 Å². The number of alkyl halides is 3. The molecule has 0 aliphatic carbocycles. The van der Waals surface area contributed by atoms with Crippen molar-refractivity contribution in [2.45, 2.75) is 24.6 Å². The molecule has 12 heteroatoms. The summed E-state index contributed by atoms with van der Waals surface area (Å²) in [7, 11) is -4.21. The molecule has 1 aromatic heterocycles. The minimum absolute atomic E-state index is 0.0253. The largest absolute Gasteiger partial charge is 0.456 e. The van der Waals surface area contributed by atoms with Crippen LogP contribution in [0, 0.1) is 6.92 Å². The summed E-state index contributed by atoms with van der Waals surface area (Å²) in [6, 6.07) is 26.2. The number of urea groups is 1. The van der Waals surface area contributed by atoms with Gasteiger partial charge in [-0.3, -0.25) is 0 Å². The predicted molar refractivity (Wildman–Crippen MR) is 163 cm³/mol. The lowest BCUT2D eigenvalue weighted by molar-refractivity contribution is -0.137. The Hall–Kier alpha value is -5.36. The first kappa shape index (κ1) is 31.1. The van der Waals surface area contributed by atoms with Crippen molar-refractivity contribution in [3.05, 3.63) is 138 Å². The first-order chi connectivity index (χ1) is 21.4. The van der Waals surface area contributed by atoms with Crippen molar-refractivity contribution in [2.75, 3.05) is 10.6 Å². The molecule has 5 rings (SSSR count). The fourth-order valence-electron chi connectivity index (χ4n) is 4.38. The van der Waals surface area contributed by atoms with E-state index >= 15 is 0 Å². The van der Waals surface area contributed by atoms with Crippen LogP contribution in [0.3, 0.4) is 0 Å². The zero-order chi connectivity index (χ0) is 32.2. The third-order valence-corrected chi connectivity index (χ3v) is 8.40. The number of nitrogens with zero attached hydrogens (tertiary/aromatic N) is 1. The van der Waals surface area contributed by atoms with Crippen LogP contribution in [-0.2, 0) is 27.5 Å². The van der Waals surface area contributed by atoms with Crippen LogP contribution < -0.4 is 10.6 Å². The molecule has 2 N–H and O–H groups in total. The van der Waals surface area contributed by atoms with E-state index < -0.39 is 33.8 Å². The molecule has 0 aliphatic rings. The van der Waals surface area contributed by atoms with E-state index in [1.54, 1.807) is 60.7 Å². The number of aryl methyl sites for hydroxylation is 1. The summed E-state index contributed by atoms with van der Waals surface area (Å²) in [4.78, 5) is 25.8. The van der Waals surface area contributed by atoms with Crippen molar-refractivity contribution in [3.8, 4) is 11.1 Å². The number of carbonyl (C=O) groups excluding carboxylic acids is 2. The maximum absolute atomic E-state index is 13.7. The Kier molecular flexibility index (Phi) is 8.77. The molecular formula is C33H26F3N3O5S. The third-order valence-electron chi connectivity index (χ3n) is 6.71. The lowest BCUT2D eigenvalue weighted by Crippen LogP contribution is -2.19. The number of ether oxygens (including phenoxy) is 1. The molecular weight excluding hydrogens is 607 g/mol. The first-order valence-corrected chi connectivity index (χ1v) is 15.0. The quantitative estimate of drug-likeness (QED) is 0.170. The lowest BCUT2D eigenvalue weighted by Gasteiger charge is -2.11. The zero-order valence-corrected chi connectivity index (χ0v) is 24.5. The van der Waals surface area contributed by atoms with Crippen LogP contribution in [0.1, 0.15) is 27.2 Å². The Bertz CT molecular complexity index is 1940. The third kappa shape index (κ3) is 7.42. The number of aromatic nitrogens is 1. The van der Waals surface area contributed by atoms with Crippen molar-refractivity contribution in [2.24, 2.45) is 0 Å². The lowest BCUT2D eigenvalue weighted by atomic mass is 10.1. The number of benzene rings is 4. The summed E-state index contributed by atoms with van der Waals surface area (Å²) in [5.41, 5.74) is 1.78. The average Bonchev–Trinajstić information content (AvgIpc) is 3.47. The molecule has 8 nitrogen and oxygen atoms in total. The number of carbonyl (C=O) groups is 2. The summed E-state index contributed by atoms with van der Waals surface area (Å²) in [5.74, 6) is -0.856. The summed E-state index contributed by atoms with van der Waals surface area (Å²) >= 11 is 0. The summed E-state index contributed by atoms with van der Waals surface area (Å²) in [6.45, 7) is 1.75. The van der Waals surface area contributed by atoms with Crippen LogP contribution >= 0.6 is 0 Å². The van der Waals surface area contributed by atoms with Crippen LogP contribution in [0.25, 0.3) is 11.1 Å². The Labute approximate surface area is 257 Å². The topological polar surface area (TPSA) is 107 Å². The minimum Gasteiger partial charge on any atom is -0.456 e. The zero-order valence-electron chi connectivity index (χ0n) is 23.7. The molecule has 1 heterocycles. The van der Waals surface area contributed by atoms with Crippen LogP contribution in [0.15, 0.2) is 120 Å². The highest BCUT2D eigenvalue weighted by molar-refractivity contribution is 7.90. The van der Waals surface area contributed by atoms with E-state index in [4.69, 9.17) is 4.74 Å². The van der Waals surface area contributed by atoms with E-state index in [0.717, 1.165) is 39.4 Å². The van der Waals surface area contributed by atoms with Gasteiger partial charge in [0.25, 0.3) is 10.0 Å². The maximum atomic E-state index is 13.7. The Balaban J connectivity index is 1.41. The molecule has 0 radical (unpaired) electrons. The minimum atomic E-state index is -4.50. The van der Waals surface area contributed by atoms with E-state index in [1.165, 1.54) is 24.4 Å². The fourth-order valence-corrected chi connectivity index (χ4v) is 5.73. The van der Waals surface area contributed by atoms with Gasteiger partial charge in [0.2, 0.25) is 0 Å². The van der Waals surface area contributed by atoms with Gasteiger partial charge in [-0.1, -0.05) is 60.2 Å². The molecule has 5 aromatic rings. The predicted octanol–water partition coefficient (Wildman–Crippen LogP) is 7.72. The van der Waals surface area contributed by atoms with E-state index in [1.807, 2.05) is 13.0 Å². The molecule has 4 aromatic carbocycles. The first-order valence-electron chi connectivity index (χ1n) is 13.5. The van der Waals surface area contributed by atoms with Crippen molar-refractivity contribution in [1.29, 1.82) is 0 Å². The van der Waals surface area contributed by atoms with Gasteiger partial charge in [-0.25, -0.2) is 22.0 Å². The number of amides is 2. The van der Waals surface area contributed by atoms with Gasteiger partial charge in [-0.2, -0.15) is 13.2 Å². The van der Waals surface area contributed by atoms with Crippen molar-refractivity contribution in [3.63, 3.8) is 0 Å². The number of hydrogen-bond acceptors (Lipinski definition) is 5. The van der Waals surface area contributed by atoms with Crippen molar-refractivity contribution in [1.82, 2.24) is 3.97 Å². The Morgan fingerprint density at radius 3 is 2.11 bits per heavy atom. The van der Waals surface area contributed by atoms with Crippen LogP contribution in [0.2, 0.25) is 0 Å². The molecule has 0 fully saturated rings. The van der Waals surface area contributed by atoms with E-state index in [-0.39, 0.29) is 22.9 Å². The normalized spacial score (nSPS) is 11.6. The molecule has 45 heavy (non-hydrogen) atoms. The van der Waals surface area contributed by atoms with Crippen molar-refractivity contribution < 1.29 is 35.9 Å². The smallest absolute Gasteiger partial charge is 0.416 e. The number of rotatable bonds is 8. The monoisotopic (exact) mass is 633 g/mol. The Morgan fingerprint density at radius 1 is 0.778 bits per heavy atom. The molecule has 0 spiro atoms. The molecule has 0 unspecified atom stereocenters. The summed E-state index contributed by atoms with van der Waals surface area (Å²) in [6.07, 6.45) is -3.20. The second-order valence-corrected chi connectivity index (χ2v) is 11.8. The average molecular weight is 634 g/mol. The molecule has 0 bridgehead atoms. The highest BCUT2D eigenvalue weighted by Gasteiger charge is 2.30. The van der Waals surface area contributed by atoms with Gasteiger partial charge in [0.15, 0.2) is 0 Å². The summed E-state index contributed by atoms with van der Waals surface area (Å²) < 4.78 is 72.2. The number of anilines is 2. The molecule has 0 atom stereocenters. The van der Waals surface area contributed by atoms with E-state index in [0.29, 0.717) is 16.8 Å². The molecule has 0 saturated heterocycles. The van der Waals surface area contributed by atoms with Gasteiger partial charge in [-0.15, -0.1) is 0 Å². The van der Waals surface area contributed by atoms with Gasteiger partial charge in [0.1, 0.15) is 12.3 Å². The number of nitrogens with one attached hydrogen (secondary N) is 2. The second-order valence-electron chi connectivity index (χ2n) is 10.0. The standard InChI is InChI=1S/C33H26F3N3O5S/c1-22-10-16-29(17-11-22)45(42,43)39-20-25(19-30(39)31(40)44-21-23-6-3-2-4-7-23)24-8-5-9-28(18-24)38-32(41)37-27-14-12-26(13-15-27)33(34,35)36/h2-20H,21H2,1H3,(H2,37,38,41). The fraction of sp³-hybridized carbons (Fsp3) is 0.0909. The molecule has 0 aliphatic heterocycles. The molecule has 230 valence electrons. The number of esters is 1. The second kappa shape index (κ2) is 12.7. The van der Waals surface area contributed by atoms with Gasteiger partial charge in [0, 0.05) is 23.1 Å². The number of halogens is 3. The summed E-state index contributed by atoms with van der Waals surface area (Å²) in [5, 5.41) is 5.06. The number of hydrogen-bond donors (Lipinski definition) is 2. The van der Waals surface area contributed by atoms with Crippen LogP contribution in [0.5, 0.6) is 0 Å². The van der Waals surface area contributed by atoms with Crippen LogP contribution in [-0.4, -0.2) is 24.4 Å². The van der Waals surface area contributed by atoms with Crippen molar-refractivity contribution >= 4 is 33.4 Å². The Morgan fingerprint density at radius 2 is 1.44 bits per heavy atom. The van der Waals surface area contributed by atoms with Gasteiger partial charge >= 0.3 is 18.2 Å². The van der Waals surface area contributed by atoms with Gasteiger partial charge in [-0.05, 0) is 72.6 Å². The highest BCUT2D eigenvalue weighted by atomic mass is 32.2. The molecule has 0 saturated carbocycles. The highest BCUT2D eigenvalue weighted by Crippen LogP contribution is 2.31. The SMILES string of the molecule is Cc1ccc(S(=O)(=O)n2cc(-c3cccc(NC(=O)Nc4ccc(C(F)(F)F)cc4)c3)cc2C(=O)OCc2ccccc2)cc1.